The van der Waals surface area contributed by atoms with E-state index in [9.17, 15) is 14.4 Å². The molecule has 1 unspecified atom stereocenters. The summed E-state index contributed by atoms with van der Waals surface area (Å²) in [6, 6.07) is 12.5. The lowest BCUT2D eigenvalue weighted by Crippen LogP contribution is -2.35. The minimum Gasteiger partial charge on any atom is -0.493 e. The van der Waals surface area contributed by atoms with Crippen molar-refractivity contribution in [2.24, 2.45) is 0 Å². The van der Waals surface area contributed by atoms with Gasteiger partial charge in [-0.25, -0.2) is 0 Å². The van der Waals surface area contributed by atoms with E-state index in [2.05, 4.69) is 4.98 Å². The van der Waals surface area contributed by atoms with Crippen LogP contribution < -0.4 is 9.47 Å². The first-order chi connectivity index (χ1) is 17.0. The standard InChI is InChI=1S/C28H28N2O5/c1-17(31)23(18-10-11-24(34-2)25(14-18)35-20-6-3-4-7-20)16-30-27(32)22-9-5-8-21(26(22)28(30)33)19-12-13-29-15-19/h5,8-15,20,23,29H,3-4,6-7,16H2,1-2H3. The molecule has 1 saturated carbocycles. The lowest BCUT2D eigenvalue weighted by molar-refractivity contribution is -0.118. The van der Waals surface area contributed by atoms with Crippen LogP contribution in [0.3, 0.4) is 0 Å². The number of carbonyl (C=O) groups is 3. The maximum absolute atomic E-state index is 13.4. The van der Waals surface area contributed by atoms with Gasteiger partial charge in [0, 0.05) is 18.9 Å². The van der Waals surface area contributed by atoms with Crippen LogP contribution in [-0.4, -0.2) is 47.2 Å². The maximum atomic E-state index is 13.4. The second-order valence-electron chi connectivity index (χ2n) is 9.15. The van der Waals surface area contributed by atoms with Crippen molar-refractivity contribution in [1.29, 1.82) is 0 Å². The summed E-state index contributed by atoms with van der Waals surface area (Å²) in [6.07, 6.45) is 7.93. The normalized spacial score (nSPS) is 16.5. The molecule has 1 N–H and O–H groups in total. The third-order valence-electron chi connectivity index (χ3n) is 6.95. The molecule has 1 atom stereocenters. The average Bonchev–Trinajstić information content (AvgIpc) is 3.61. The first kappa shape index (κ1) is 22.9. The number of aromatic amines is 1. The summed E-state index contributed by atoms with van der Waals surface area (Å²) in [5.74, 6) is -0.400. The van der Waals surface area contributed by atoms with E-state index in [0.717, 1.165) is 31.2 Å². The van der Waals surface area contributed by atoms with Gasteiger partial charge in [0.05, 0.1) is 30.3 Å². The number of fused-ring (bicyclic) bond motifs is 1. The van der Waals surface area contributed by atoms with Gasteiger partial charge in [-0.15, -0.1) is 0 Å². The molecule has 2 amide bonds. The Labute approximate surface area is 204 Å². The zero-order valence-electron chi connectivity index (χ0n) is 19.9. The van der Waals surface area contributed by atoms with Crippen molar-refractivity contribution in [3.63, 3.8) is 0 Å². The highest BCUT2D eigenvalue weighted by Crippen LogP contribution is 2.37. The Morgan fingerprint density at radius 1 is 1.06 bits per heavy atom. The lowest BCUT2D eigenvalue weighted by Gasteiger charge is -2.23. The molecule has 3 aromatic rings. The summed E-state index contributed by atoms with van der Waals surface area (Å²) in [5.41, 5.74) is 2.95. The molecule has 180 valence electrons. The third kappa shape index (κ3) is 4.22. The number of ketones is 1. The van der Waals surface area contributed by atoms with Crippen molar-refractivity contribution < 1.29 is 23.9 Å². The van der Waals surface area contributed by atoms with Crippen LogP contribution in [0.25, 0.3) is 11.1 Å². The Kier molecular flexibility index (Phi) is 6.16. The van der Waals surface area contributed by atoms with E-state index in [4.69, 9.17) is 9.47 Å². The highest BCUT2D eigenvalue weighted by molar-refractivity contribution is 6.24. The van der Waals surface area contributed by atoms with E-state index in [1.54, 1.807) is 43.8 Å². The quantitative estimate of drug-likeness (QED) is 0.467. The number of benzene rings is 2. The Morgan fingerprint density at radius 2 is 1.83 bits per heavy atom. The van der Waals surface area contributed by atoms with Crippen LogP contribution in [0.5, 0.6) is 11.5 Å². The van der Waals surface area contributed by atoms with Crippen molar-refractivity contribution in [3.8, 4) is 22.6 Å². The highest BCUT2D eigenvalue weighted by Gasteiger charge is 2.39. The van der Waals surface area contributed by atoms with Gasteiger partial charge >= 0.3 is 0 Å². The van der Waals surface area contributed by atoms with Crippen LogP contribution in [0.15, 0.2) is 54.9 Å². The molecule has 2 aliphatic rings. The molecular formula is C28H28N2O5. The second kappa shape index (κ2) is 9.41. The molecule has 0 spiro atoms. The molecule has 1 aliphatic heterocycles. The molecule has 35 heavy (non-hydrogen) atoms. The van der Waals surface area contributed by atoms with E-state index in [1.165, 1.54) is 11.8 Å². The fourth-order valence-corrected chi connectivity index (χ4v) is 5.07. The van der Waals surface area contributed by atoms with Crippen molar-refractivity contribution in [2.45, 2.75) is 44.6 Å². The van der Waals surface area contributed by atoms with Crippen LogP contribution in [0, 0.1) is 0 Å². The Hall–Kier alpha value is -3.87. The number of aromatic nitrogens is 1. The van der Waals surface area contributed by atoms with Crippen molar-refractivity contribution >= 4 is 17.6 Å². The number of hydrogen-bond donors (Lipinski definition) is 1. The van der Waals surface area contributed by atoms with Gasteiger partial charge in [0.1, 0.15) is 5.78 Å². The average molecular weight is 473 g/mol. The zero-order chi connectivity index (χ0) is 24.5. The fourth-order valence-electron chi connectivity index (χ4n) is 5.07. The summed E-state index contributed by atoms with van der Waals surface area (Å²) < 4.78 is 11.7. The van der Waals surface area contributed by atoms with E-state index in [0.29, 0.717) is 33.8 Å². The van der Waals surface area contributed by atoms with E-state index in [1.807, 2.05) is 18.2 Å². The van der Waals surface area contributed by atoms with Crippen molar-refractivity contribution in [1.82, 2.24) is 9.88 Å². The van der Waals surface area contributed by atoms with Gasteiger partial charge in [-0.05, 0) is 73.6 Å². The zero-order valence-corrected chi connectivity index (χ0v) is 19.9. The molecule has 0 saturated heterocycles. The minimum atomic E-state index is -0.676. The molecule has 7 nitrogen and oxygen atoms in total. The Bertz CT molecular complexity index is 1270. The number of imide groups is 1. The summed E-state index contributed by atoms with van der Waals surface area (Å²) in [6.45, 7) is 1.44. The lowest BCUT2D eigenvalue weighted by atomic mass is 9.94. The Morgan fingerprint density at radius 3 is 2.51 bits per heavy atom. The number of ether oxygens (including phenoxy) is 2. The number of amides is 2. The number of carbonyl (C=O) groups excluding carboxylic acids is 3. The van der Waals surface area contributed by atoms with E-state index < -0.39 is 5.92 Å². The van der Waals surface area contributed by atoms with Gasteiger partial charge < -0.3 is 14.5 Å². The van der Waals surface area contributed by atoms with Crippen molar-refractivity contribution in [3.05, 3.63) is 71.5 Å². The summed E-state index contributed by atoms with van der Waals surface area (Å²) >= 11 is 0. The highest BCUT2D eigenvalue weighted by atomic mass is 16.5. The SMILES string of the molecule is COc1ccc(C(CN2C(=O)c3cccc(-c4cc[nH]c4)c3C2=O)C(C)=O)cc1OC1CCCC1. The van der Waals surface area contributed by atoms with Gasteiger partial charge in [-0.1, -0.05) is 18.2 Å². The number of Topliss-reactive ketones (excluding diaryl/α,β-unsaturated/α-hetero) is 1. The minimum absolute atomic E-state index is 0.0382. The van der Waals surface area contributed by atoms with Gasteiger partial charge in [0.25, 0.3) is 11.8 Å². The summed E-state index contributed by atoms with van der Waals surface area (Å²) in [4.78, 5) is 43.6. The van der Waals surface area contributed by atoms with Crippen LogP contribution in [0.4, 0.5) is 0 Å². The molecule has 2 heterocycles. The second-order valence-corrected chi connectivity index (χ2v) is 9.15. The number of H-pyrrole nitrogens is 1. The van der Waals surface area contributed by atoms with E-state index in [-0.39, 0.29) is 30.2 Å². The molecule has 2 aromatic carbocycles. The first-order valence-electron chi connectivity index (χ1n) is 12.0. The predicted octanol–water partition coefficient (Wildman–Crippen LogP) is 4.98. The van der Waals surface area contributed by atoms with Gasteiger partial charge in [-0.2, -0.15) is 0 Å². The Balaban J connectivity index is 1.45. The van der Waals surface area contributed by atoms with Gasteiger partial charge in [-0.3, -0.25) is 19.3 Å². The number of nitrogens with zero attached hydrogens (tertiary/aromatic N) is 1. The molecule has 0 radical (unpaired) electrons. The van der Waals surface area contributed by atoms with Crippen molar-refractivity contribution in [2.75, 3.05) is 13.7 Å². The fraction of sp³-hybridized carbons (Fsp3) is 0.321. The summed E-state index contributed by atoms with van der Waals surface area (Å²) in [7, 11) is 1.58. The van der Waals surface area contributed by atoms with Crippen LogP contribution in [0.2, 0.25) is 0 Å². The van der Waals surface area contributed by atoms with E-state index >= 15 is 0 Å². The molecule has 1 aromatic heterocycles. The number of hydrogen-bond acceptors (Lipinski definition) is 5. The largest absolute Gasteiger partial charge is 0.493 e. The van der Waals surface area contributed by atoms with Crippen LogP contribution in [-0.2, 0) is 4.79 Å². The smallest absolute Gasteiger partial charge is 0.262 e. The maximum Gasteiger partial charge on any atom is 0.262 e. The number of rotatable bonds is 8. The van der Waals surface area contributed by atoms with Gasteiger partial charge in [0.15, 0.2) is 11.5 Å². The third-order valence-corrected chi connectivity index (χ3v) is 6.95. The predicted molar refractivity (Wildman–Crippen MR) is 131 cm³/mol. The molecule has 5 rings (SSSR count). The molecule has 1 fully saturated rings. The van der Waals surface area contributed by atoms with Crippen LogP contribution in [0.1, 0.15) is 64.8 Å². The molecule has 7 heteroatoms. The summed E-state index contributed by atoms with van der Waals surface area (Å²) in [5, 5.41) is 0. The molecule has 0 bridgehead atoms. The first-order valence-corrected chi connectivity index (χ1v) is 12.0. The topological polar surface area (TPSA) is 88.7 Å². The van der Waals surface area contributed by atoms with Gasteiger partial charge in [0.2, 0.25) is 0 Å². The molecule has 1 aliphatic carbocycles. The number of nitrogens with one attached hydrogen (secondary N) is 1. The van der Waals surface area contributed by atoms with Crippen LogP contribution >= 0.6 is 0 Å². The monoisotopic (exact) mass is 472 g/mol. The number of methoxy groups -OCH3 is 1. The molecular weight excluding hydrogens is 444 g/mol.